The van der Waals surface area contributed by atoms with Crippen LogP contribution in [0.3, 0.4) is 0 Å². The lowest BCUT2D eigenvalue weighted by Gasteiger charge is -2.61. The average molecular weight is 572 g/mol. The van der Waals surface area contributed by atoms with Crippen LogP contribution in [-0.4, -0.2) is 58.9 Å². The molecule has 0 unspecified atom stereocenters. The molecule has 3 saturated carbocycles. The average Bonchev–Trinajstić information content (AvgIpc) is 3.48. The Kier molecular flexibility index (Phi) is 7.62. The minimum atomic E-state index is -1.42. The number of aliphatic carboxylic acids is 1. The van der Waals surface area contributed by atoms with E-state index in [1.807, 2.05) is 20.8 Å². The van der Waals surface area contributed by atoms with Crippen molar-refractivity contribution in [3.05, 3.63) is 35.7 Å². The number of hydrogen-bond donors (Lipinski definition) is 3. The zero-order valence-corrected chi connectivity index (χ0v) is 23.9. The van der Waals surface area contributed by atoms with Crippen molar-refractivity contribution in [2.45, 2.75) is 78.6 Å². The number of benzene rings is 1. The summed E-state index contributed by atoms with van der Waals surface area (Å²) in [7, 11) is -1.42. The minimum absolute atomic E-state index is 0.00724. The van der Waals surface area contributed by atoms with E-state index in [-0.39, 0.29) is 41.9 Å². The Bertz CT molecular complexity index is 1280. The molecule has 4 aliphatic rings. The molecule has 222 valence electrons. The van der Waals surface area contributed by atoms with Crippen LogP contribution in [0.2, 0.25) is 0 Å². The second kappa shape index (κ2) is 10.5. The summed E-state index contributed by atoms with van der Waals surface area (Å²) in [6.07, 6.45) is 3.24. The van der Waals surface area contributed by atoms with E-state index in [1.54, 1.807) is 13.0 Å². The van der Waals surface area contributed by atoms with Crippen LogP contribution < -0.4 is 10.2 Å². The number of hydrogen-bond acceptors (Lipinski definition) is 8. The van der Waals surface area contributed by atoms with Crippen LogP contribution in [0.5, 0.6) is 5.75 Å². The highest BCUT2D eigenvalue weighted by Gasteiger charge is 2.68. The summed E-state index contributed by atoms with van der Waals surface area (Å²) in [5, 5.41) is 31.1. The Morgan fingerprint density at radius 1 is 1.24 bits per heavy atom. The molecule has 1 aliphatic heterocycles. The fourth-order valence-electron chi connectivity index (χ4n) is 8.42. The number of carboxylic acid groups (broad SMARTS) is 1. The number of carbonyl (C=O) groups excluding carboxylic acids is 2. The number of fused-ring (bicyclic) bond motifs is 1. The van der Waals surface area contributed by atoms with Gasteiger partial charge in [-0.15, -0.1) is 0 Å². The molecule has 0 aromatic heterocycles. The van der Waals surface area contributed by atoms with Crippen molar-refractivity contribution in [1.29, 1.82) is 0 Å². The first-order valence-electron chi connectivity index (χ1n) is 14.3. The number of carbonyl (C=O) groups is 3. The monoisotopic (exact) mass is 572 g/mol. The maximum Gasteiger partial charge on any atom is 0.494 e. The Hall–Kier alpha value is -2.76. The molecule has 3 fully saturated rings. The van der Waals surface area contributed by atoms with Gasteiger partial charge in [-0.2, -0.15) is 0 Å². The first kappa shape index (κ1) is 29.7. The highest BCUT2D eigenvalue weighted by Crippen LogP contribution is 2.68. The number of ether oxygens (including phenoxy) is 2. The van der Waals surface area contributed by atoms with E-state index in [9.17, 15) is 34.0 Å². The quantitative estimate of drug-likeness (QED) is 0.267. The topological polar surface area (TPSA) is 140 Å². The van der Waals surface area contributed by atoms with E-state index in [2.05, 4.69) is 0 Å². The molecule has 9 nitrogen and oxygen atoms in total. The van der Waals surface area contributed by atoms with Crippen molar-refractivity contribution in [3.63, 3.8) is 0 Å². The molecular formula is C30H38BFO9. The molecular weight excluding hydrogens is 534 g/mol. The molecule has 0 amide bonds. The van der Waals surface area contributed by atoms with Crippen molar-refractivity contribution in [2.24, 2.45) is 34.0 Å². The molecule has 1 aromatic carbocycles. The number of ketones is 1. The summed E-state index contributed by atoms with van der Waals surface area (Å²) < 4.78 is 31.6. The minimum Gasteiger partial charge on any atom is -0.479 e. The van der Waals surface area contributed by atoms with E-state index in [4.69, 9.17) is 14.1 Å². The summed E-state index contributed by atoms with van der Waals surface area (Å²) in [5.41, 5.74) is -1.90. The highest BCUT2D eigenvalue weighted by molar-refractivity contribution is 6.61. The number of Topliss-reactive ketones (excluding diaryl/α,β-unsaturated/α-hetero) is 1. The standard InChI is InChI=1S/C30H38BFO9/c1-16-7-11-30-12-8-19(33)26(30)29(16,4)21(13-28(3,10-9-22(34)35)27(37)17(30)2)41-23(36)15-39-20-6-5-18-14-40-31(38)24(18)25(20)32/h5-6,9-10,16-17,21,26-27,37-38H,7-8,11-15H2,1-4H3,(H,34,35)/b10-9+/t16-,17+,21-,26+,27+,28-,29+,30+/m1/s1. The molecule has 41 heavy (non-hydrogen) atoms. The van der Waals surface area contributed by atoms with Gasteiger partial charge in [-0.3, -0.25) is 4.79 Å². The number of esters is 1. The normalized spacial score (nSPS) is 38.3. The van der Waals surface area contributed by atoms with Crippen LogP contribution in [0, 0.1) is 39.8 Å². The molecule has 8 atom stereocenters. The first-order chi connectivity index (χ1) is 19.2. The van der Waals surface area contributed by atoms with Gasteiger partial charge in [-0.1, -0.05) is 39.8 Å². The van der Waals surface area contributed by atoms with Gasteiger partial charge < -0.3 is 29.4 Å². The van der Waals surface area contributed by atoms with Gasteiger partial charge in [0.15, 0.2) is 18.2 Å². The lowest BCUT2D eigenvalue weighted by molar-refractivity contribution is -0.207. The maximum atomic E-state index is 15.0. The van der Waals surface area contributed by atoms with E-state index in [1.165, 1.54) is 12.1 Å². The molecule has 2 bridgehead atoms. The van der Waals surface area contributed by atoms with Crippen LogP contribution in [0.1, 0.15) is 65.4 Å². The molecule has 3 aliphatic carbocycles. The Morgan fingerprint density at radius 2 is 1.98 bits per heavy atom. The zero-order chi connectivity index (χ0) is 29.9. The van der Waals surface area contributed by atoms with Crippen LogP contribution in [-0.2, 0) is 30.4 Å². The third kappa shape index (κ3) is 4.70. The summed E-state index contributed by atoms with van der Waals surface area (Å²) in [4.78, 5) is 38.3. The number of aliphatic hydroxyl groups excluding tert-OH is 1. The summed E-state index contributed by atoms with van der Waals surface area (Å²) in [6, 6.07) is 2.92. The van der Waals surface area contributed by atoms with Crippen molar-refractivity contribution >= 4 is 30.3 Å². The fraction of sp³-hybridized carbons (Fsp3) is 0.633. The molecule has 0 saturated heterocycles. The van der Waals surface area contributed by atoms with Gasteiger partial charge in [0.1, 0.15) is 11.9 Å². The molecule has 1 aromatic rings. The lowest BCUT2D eigenvalue weighted by Crippen LogP contribution is -2.63. The van der Waals surface area contributed by atoms with E-state index in [0.717, 1.165) is 18.9 Å². The SMILES string of the molecule is C[C@@H]1CC[C@@]23CCC(=O)[C@H]2[C@]1(C)[C@H](OC(=O)COc1ccc2c(c1F)B(O)OC2)C[C@@](C)(/C=C/C(=O)O)[C@@H](O)[C@@H]3C. The predicted octanol–water partition coefficient (Wildman–Crippen LogP) is 2.78. The Balaban J connectivity index is 1.48. The number of halogens is 1. The third-order valence-corrected chi connectivity index (χ3v) is 10.9. The predicted molar refractivity (Wildman–Crippen MR) is 146 cm³/mol. The second-order valence-electron chi connectivity index (χ2n) is 12.9. The van der Waals surface area contributed by atoms with Crippen molar-refractivity contribution in [1.82, 2.24) is 0 Å². The van der Waals surface area contributed by atoms with Gasteiger partial charge in [0.05, 0.1) is 12.7 Å². The van der Waals surface area contributed by atoms with Crippen LogP contribution in [0.25, 0.3) is 0 Å². The molecule has 0 radical (unpaired) electrons. The van der Waals surface area contributed by atoms with Gasteiger partial charge >= 0.3 is 19.1 Å². The molecule has 5 rings (SSSR count). The Labute approximate surface area is 239 Å². The largest absolute Gasteiger partial charge is 0.494 e. The first-order valence-corrected chi connectivity index (χ1v) is 14.3. The van der Waals surface area contributed by atoms with E-state index >= 15 is 0 Å². The summed E-state index contributed by atoms with van der Waals surface area (Å²) in [6.45, 7) is 7.18. The van der Waals surface area contributed by atoms with Gasteiger partial charge in [-0.25, -0.2) is 14.0 Å². The third-order valence-electron chi connectivity index (χ3n) is 10.9. The van der Waals surface area contributed by atoms with Crippen molar-refractivity contribution in [2.75, 3.05) is 6.61 Å². The van der Waals surface area contributed by atoms with Gasteiger partial charge in [-0.05, 0) is 54.6 Å². The van der Waals surface area contributed by atoms with Gasteiger partial charge in [0.25, 0.3) is 0 Å². The molecule has 11 heteroatoms. The lowest BCUT2D eigenvalue weighted by atomic mass is 9.44. The van der Waals surface area contributed by atoms with Crippen molar-refractivity contribution in [3.8, 4) is 5.75 Å². The fourth-order valence-corrected chi connectivity index (χ4v) is 8.42. The smallest absolute Gasteiger partial charge is 0.479 e. The zero-order valence-electron chi connectivity index (χ0n) is 23.9. The summed E-state index contributed by atoms with van der Waals surface area (Å²) >= 11 is 0. The second-order valence-corrected chi connectivity index (χ2v) is 12.9. The number of carboxylic acids is 1. The van der Waals surface area contributed by atoms with Crippen LogP contribution in [0.4, 0.5) is 4.39 Å². The summed E-state index contributed by atoms with van der Waals surface area (Å²) in [5.74, 6) is -3.63. The van der Waals surface area contributed by atoms with Gasteiger partial charge in [0.2, 0.25) is 0 Å². The van der Waals surface area contributed by atoms with Crippen molar-refractivity contribution < 1.29 is 48.1 Å². The number of aliphatic hydroxyl groups is 1. The van der Waals surface area contributed by atoms with E-state index < -0.39 is 65.9 Å². The van der Waals surface area contributed by atoms with Crippen LogP contribution >= 0.6 is 0 Å². The van der Waals surface area contributed by atoms with Crippen LogP contribution in [0.15, 0.2) is 24.3 Å². The molecule has 0 spiro atoms. The van der Waals surface area contributed by atoms with E-state index in [0.29, 0.717) is 18.4 Å². The number of rotatable bonds is 6. The maximum absolute atomic E-state index is 15.0. The van der Waals surface area contributed by atoms with Gasteiger partial charge in [0, 0.05) is 34.7 Å². The molecule has 3 N–H and O–H groups in total. The molecule has 1 heterocycles. The highest BCUT2D eigenvalue weighted by atomic mass is 19.1. The Morgan fingerprint density at radius 3 is 2.68 bits per heavy atom.